The maximum atomic E-state index is 6.12. The van der Waals surface area contributed by atoms with Crippen LogP contribution in [0.25, 0.3) is 0 Å². The summed E-state index contributed by atoms with van der Waals surface area (Å²) in [5, 5.41) is 0.450. The lowest BCUT2D eigenvalue weighted by Crippen LogP contribution is -2.00. The molecule has 100 valence electrons. The average Bonchev–Trinajstić information content (AvgIpc) is 2.42. The molecule has 0 unspecified atom stereocenters. The monoisotopic (exact) mass is 277 g/mol. The van der Waals surface area contributed by atoms with Gasteiger partial charge in [-0.3, -0.25) is 4.98 Å². The van der Waals surface area contributed by atoms with E-state index in [0.717, 1.165) is 23.4 Å². The minimum absolute atomic E-state index is 0.374. The molecule has 2 aromatic rings. The van der Waals surface area contributed by atoms with Gasteiger partial charge in [-0.05, 0) is 37.1 Å². The first-order valence-electron chi connectivity index (χ1n) is 6.13. The normalized spacial score (nSPS) is 10.5. The van der Waals surface area contributed by atoms with Crippen molar-refractivity contribution in [3.8, 4) is 11.6 Å². The van der Waals surface area contributed by atoms with Crippen LogP contribution in [-0.4, -0.2) is 9.97 Å². The highest BCUT2D eigenvalue weighted by atomic mass is 35.5. The number of halogens is 1. The molecule has 0 fully saturated rings. The number of rotatable bonds is 4. The second-order valence-corrected chi connectivity index (χ2v) is 4.59. The van der Waals surface area contributed by atoms with Gasteiger partial charge in [0.15, 0.2) is 5.75 Å². The molecular weight excluding hydrogens is 262 g/mol. The molecule has 2 rings (SSSR count). The Kier molecular flexibility index (Phi) is 4.35. The topological polar surface area (TPSA) is 61.0 Å². The lowest BCUT2D eigenvalue weighted by Gasteiger charge is -2.10. The Morgan fingerprint density at radius 1 is 1.37 bits per heavy atom. The smallest absolute Gasteiger partial charge is 0.238 e. The molecule has 0 amide bonds. The van der Waals surface area contributed by atoms with Crippen LogP contribution in [0.1, 0.15) is 23.9 Å². The number of nitrogens with two attached hydrogens (primary N) is 1. The van der Waals surface area contributed by atoms with E-state index in [1.54, 1.807) is 12.3 Å². The average molecular weight is 278 g/mol. The maximum Gasteiger partial charge on any atom is 0.238 e. The van der Waals surface area contributed by atoms with Crippen molar-refractivity contribution in [2.24, 2.45) is 5.73 Å². The molecular formula is C14H16ClN3O. The van der Waals surface area contributed by atoms with E-state index >= 15 is 0 Å². The van der Waals surface area contributed by atoms with Crippen LogP contribution in [0.4, 0.5) is 0 Å². The van der Waals surface area contributed by atoms with Crippen LogP contribution >= 0.6 is 11.6 Å². The quantitative estimate of drug-likeness (QED) is 0.932. The minimum Gasteiger partial charge on any atom is -0.436 e. The zero-order chi connectivity index (χ0) is 13.8. The summed E-state index contributed by atoms with van der Waals surface area (Å²) < 4.78 is 5.74. The Morgan fingerprint density at radius 2 is 2.16 bits per heavy atom. The zero-order valence-electron chi connectivity index (χ0n) is 11.0. The summed E-state index contributed by atoms with van der Waals surface area (Å²) in [6, 6.07) is 5.55. The summed E-state index contributed by atoms with van der Waals surface area (Å²) in [6.45, 7) is 4.38. The Bertz CT molecular complexity index is 587. The third kappa shape index (κ3) is 3.22. The maximum absolute atomic E-state index is 6.12. The van der Waals surface area contributed by atoms with Gasteiger partial charge < -0.3 is 10.5 Å². The molecule has 2 N–H and O–H groups in total. The molecule has 0 aliphatic rings. The number of ether oxygens (including phenoxy) is 1. The Hall–Kier alpha value is -1.65. The highest BCUT2D eigenvalue weighted by Gasteiger charge is 2.10. The van der Waals surface area contributed by atoms with Crippen LogP contribution < -0.4 is 10.5 Å². The van der Waals surface area contributed by atoms with Crippen LogP contribution in [0.15, 0.2) is 24.4 Å². The van der Waals surface area contributed by atoms with E-state index in [1.165, 1.54) is 0 Å². The molecule has 5 heteroatoms. The SMILES string of the molecule is CCc1nc(C)ccc1Oc1ncc(CN)cc1Cl. The summed E-state index contributed by atoms with van der Waals surface area (Å²) in [6.07, 6.45) is 2.45. The van der Waals surface area contributed by atoms with Crippen molar-refractivity contribution in [3.63, 3.8) is 0 Å². The molecule has 0 saturated carbocycles. The van der Waals surface area contributed by atoms with Crippen molar-refractivity contribution in [1.29, 1.82) is 0 Å². The molecule has 0 spiro atoms. The van der Waals surface area contributed by atoms with Crippen molar-refractivity contribution in [1.82, 2.24) is 9.97 Å². The van der Waals surface area contributed by atoms with E-state index in [4.69, 9.17) is 22.1 Å². The van der Waals surface area contributed by atoms with Crippen LogP contribution in [-0.2, 0) is 13.0 Å². The highest BCUT2D eigenvalue weighted by molar-refractivity contribution is 6.31. The Morgan fingerprint density at radius 3 is 2.79 bits per heavy atom. The van der Waals surface area contributed by atoms with Gasteiger partial charge in [0.1, 0.15) is 5.02 Å². The molecule has 2 aromatic heterocycles. The number of hydrogen-bond donors (Lipinski definition) is 1. The fourth-order valence-electron chi connectivity index (χ4n) is 1.70. The molecule has 0 aromatic carbocycles. The minimum atomic E-state index is 0.374. The lowest BCUT2D eigenvalue weighted by molar-refractivity contribution is 0.454. The molecule has 2 heterocycles. The second-order valence-electron chi connectivity index (χ2n) is 4.19. The molecule has 0 aliphatic carbocycles. The van der Waals surface area contributed by atoms with E-state index in [-0.39, 0.29) is 0 Å². The first-order chi connectivity index (χ1) is 9.13. The van der Waals surface area contributed by atoms with Gasteiger partial charge in [0, 0.05) is 18.4 Å². The third-order valence-electron chi connectivity index (χ3n) is 2.71. The Balaban J connectivity index is 2.31. The van der Waals surface area contributed by atoms with Gasteiger partial charge in [-0.1, -0.05) is 18.5 Å². The molecule has 4 nitrogen and oxygen atoms in total. The van der Waals surface area contributed by atoms with Crippen LogP contribution in [0, 0.1) is 6.92 Å². The molecule has 0 bridgehead atoms. The lowest BCUT2D eigenvalue weighted by atomic mass is 10.2. The molecule has 0 aliphatic heterocycles. The van der Waals surface area contributed by atoms with Crippen molar-refractivity contribution in [2.75, 3.05) is 0 Å². The van der Waals surface area contributed by atoms with E-state index in [9.17, 15) is 0 Å². The number of hydrogen-bond acceptors (Lipinski definition) is 4. The van der Waals surface area contributed by atoms with Crippen LogP contribution in [0.3, 0.4) is 0 Å². The van der Waals surface area contributed by atoms with Gasteiger partial charge in [0.25, 0.3) is 0 Å². The van der Waals surface area contributed by atoms with E-state index in [0.29, 0.717) is 23.2 Å². The van der Waals surface area contributed by atoms with Gasteiger partial charge in [0.05, 0.1) is 5.69 Å². The summed E-state index contributed by atoms with van der Waals surface area (Å²) in [5.41, 5.74) is 8.25. The molecule has 0 atom stereocenters. The molecule has 0 saturated heterocycles. The van der Waals surface area contributed by atoms with Crippen molar-refractivity contribution >= 4 is 11.6 Å². The summed E-state index contributed by atoms with van der Waals surface area (Å²) in [5.74, 6) is 1.06. The van der Waals surface area contributed by atoms with Crippen molar-refractivity contribution in [2.45, 2.75) is 26.8 Å². The third-order valence-corrected chi connectivity index (χ3v) is 2.98. The Labute approximate surface area is 117 Å². The van der Waals surface area contributed by atoms with E-state index in [1.807, 2.05) is 26.0 Å². The number of aryl methyl sites for hydroxylation is 2. The van der Waals surface area contributed by atoms with Gasteiger partial charge >= 0.3 is 0 Å². The van der Waals surface area contributed by atoms with Crippen molar-refractivity contribution in [3.05, 3.63) is 46.4 Å². The van der Waals surface area contributed by atoms with Gasteiger partial charge in [-0.25, -0.2) is 4.98 Å². The van der Waals surface area contributed by atoms with Crippen LogP contribution in [0.5, 0.6) is 11.6 Å². The largest absolute Gasteiger partial charge is 0.436 e. The predicted octanol–water partition coefficient (Wildman–Crippen LogP) is 3.25. The summed E-state index contributed by atoms with van der Waals surface area (Å²) >= 11 is 6.12. The van der Waals surface area contributed by atoms with Crippen molar-refractivity contribution < 1.29 is 4.74 Å². The first kappa shape index (κ1) is 13.8. The number of nitrogens with zero attached hydrogens (tertiary/aromatic N) is 2. The fraction of sp³-hybridized carbons (Fsp3) is 0.286. The number of aromatic nitrogens is 2. The van der Waals surface area contributed by atoms with E-state index < -0.39 is 0 Å². The standard InChI is InChI=1S/C14H16ClN3O/c1-3-12-13(5-4-9(2)18-12)19-14-11(15)6-10(7-16)8-17-14/h4-6,8H,3,7,16H2,1-2H3. The predicted molar refractivity (Wildman–Crippen MR) is 75.6 cm³/mol. The summed E-state index contributed by atoms with van der Waals surface area (Å²) in [7, 11) is 0. The summed E-state index contributed by atoms with van der Waals surface area (Å²) in [4.78, 5) is 8.62. The second kappa shape index (κ2) is 5.99. The van der Waals surface area contributed by atoms with Gasteiger partial charge in [0.2, 0.25) is 5.88 Å². The zero-order valence-corrected chi connectivity index (χ0v) is 11.7. The van der Waals surface area contributed by atoms with Gasteiger partial charge in [-0.2, -0.15) is 0 Å². The van der Waals surface area contributed by atoms with Crippen LogP contribution in [0.2, 0.25) is 5.02 Å². The molecule has 0 radical (unpaired) electrons. The van der Waals surface area contributed by atoms with E-state index in [2.05, 4.69) is 9.97 Å². The highest BCUT2D eigenvalue weighted by Crippen LogP contribution is 2.29. The number of pyridine rings is 2. The molecule has 19 heavy (non-hydrogen) atoms. The van der Waals surface area contributed by atoms with Gasteiger partial charge in [-0.15, -0.1) is 0 Å². The first-order valence-corrected chi connectivity index (χ1v) is 6.50. The fourth-order valence-corrected chi connectivity index (χ4v) is 1.93.